The van der Waals surface area contributed by atoms with Crippen LogP contribution in [0.1, 0.15) is 16.7 Å². The fourth-order valence-electron chi connectivity index (χ4n) is 1.28. The molecular formula is C9H11NO3. The first-order valence-corrected chi connectivity index (χ1v) is 3.89. The monoisotopic (exact) mass is 181 g/mol. The molecule has 0 aliphatic rings. The van der Waals surface area contributed by atoms with Crippen molar-refractivity contribution in [3.05, 3.63) is 32.9 Å². The maximum Gasteiger partial charge on any atom is 0.313 e. The lowest BCUT2D eigenvalue weighted by molar-refractivity contribution is -0.386. The summed E-state index contributed by atoms with van der Waals surface area (Å²) in [5.74, 6) is -0.220. The van der Waals surface area contributed by atoms with Crippen molar-refractivity contribution in [3.63, 3.8) is 0 Å². The van der Waals surface area contributed by atoms with Gasteiger partial charge >= 0.3 is 5.69 Å². The predicted molar refractivity (Wildman–Crippen MR) is 49.0 cm³/mol. The van der Waals surface area contributed by atoms with E-state index in [1.165, 1.54) is 0 Å². The number of phenolic OH excluding ortho intramolecular Hbond substituents is 1. The molecule has 13 heavy (non-hydrogen) atoms. The van der Waals surface area contributed by atoms with Crippen LogP contribution in [0.4, 0.5) is 5.69 Å². The van der Waals surface area contributed by atoms with Crippen molar-refractivity contribution in [1.29, 1.82) is 0 Å². The third-order valence-electron chi connectivity index (χ3n) is 2.16. The maximum absolute atomic E-state index is 10.6. The smallest absolute Gasteiger partial charge is 0.313 e. The van der Waals surface area contributed by atoms with Crippen LogP contribution in [-0.4, -0.2) is 10.0 Å². The van der Waals surface area contributed by atoms with Gasteiger partial charge in [0, 0.05) is 11.1 Å². The summed E-state index contributed by atoms with van der Waals surface area (Å²) in [6.07, 6.45) is 0. The first kappa shape index (κ1) is 9.51. The van der Waals surface area contributed by atoms with Gasteiger partial charge in [-0.15, -0.1) is 0 Å². The minimum atomic E-state index is -0.558. The summed E-state index contributed by atoms with van der Waals surface area (Å²) in [4.78, 5) is 9.99. The number of hydrogen-bond acceptors (Lipinski definition) is 3. The number of nitro benzene ring substituents is 1. The molecule has 70 valence electrons. The highest BCUT2D eigenvalue weighted by atomic mass is 16.6. The molecule has 0 spiro atoms. The zero-order chi connectivity index (χ0) is 10.2. The summed E-state index contributed by atoms with van der Waals surface area (Å²) in [5.41, 5.74) is 1.73. The standard InChI is InChI=1S/C9H11NO3/c1-5-4-6(2)8(10(12)13)9(11)7(5)3/h4,11H,1-3H3. The van der Waals surface area contributed by atoms with Gasteiger partial charge in [-0.05, 0) is 32.4 Å². The lowest BCUT2D eigenvalue weighted by Crippen LogP contribution is -1.95. The molecule has 0 fully saturated rings. The molecule has 0 bridgehead atoms. The molecule has 0 aromatic heterocycles. The molecule has 1 aromatic carbocycles. The first-order valence-electron chi connectivity index (χ1n) is 3.89. The number of aryl methyl sites for hydroxylation is 2. The van der Waals surface area contributed by atoms with Gasteiger partial charge < -0.3 is 5.11 Å². The Hall–Kier alpha value is -1.58. The zero-order valence-corrected chi connectivity index (χ0v) is 7.79. The third-order valence-corrected chi connectivity index (χ3v) is 2.16. The van der Waals surface area contributed by atoms with Crippen molar-refractivity contribution in [2.45, 2.75) is 20.8 Å². The van der Waals surface area contributed by atoms with Crippen LogP contribution in [0.5, 0.6) is 5.75 Å². The van der Waals surface area contributed by atoms with E-state index in [-0.39, 0.29) is 11.4 Å². The summed E-state index contributed by atoms with van der Waals surface area (Å²) in [6.45, 7) is 5.09. The normalized spacial score (nSPS) is 10.1. The van der Waals surface area contributed by atoms with Crippen molar-refractivity contribution in [2.75, 3.05) is 0 Å². The Morgan fingerprint density at radius 2 is 1.85 bits per heavy atom. The zero-order valence-electron chi connectivity index (χ0n) is 7.79. The average molecular weight is 181 g/mol. The lowest BCUT2D eigenvalue weighted by Gasteiger charge is -2.05. The SMILES string of the molecule is Cc1cc(C)c([N+](=O)[O-])c(O)c1C. The molecule has 1 aromatic rings. The molecule has 0 amide bonds. The summed E-state index contributed by atoms with van der Waals surface area (Å²) in [5, 5.41) is 20.0. The van der Waals surface area contributed by atoms with Crippen LogP contribution in [0, 0.1) is 30.9 Å². The molecule has 0 atom stereocenters. The van der Waals surface area contributed by atoms with Crippen molar-refractivity contribution >= 4 is 5.69 Å². The molecule has 0 unspecified atom stereocenters. The summed E-state index contributed by atoms with van der Waals surface area (Å²) in [6, 6.07) is 1.70. The van der Waals surface area contributed by atoms with Gasteiger partial charge in [0.25, 0.3) is 0 Å². The molecule has 1 N–H and O–H groups in total. The predicted octanol–water partition coefficient (Wildman–Crippen LogP) is 2.23. The van der Waals surface area contributed by atoms with Crippen LogP contribution in [0.2, 0.25) is 0 Å². The molecular weight excluding hydrogens is 170 g/mol. The number of hydrogen-bond donors (Lipinski definition) is 1. The van der Waals surface area contributed by atoms with Crippen molar-refractivity contribution in [2.24, 2.45) is 0 Å². The van der Waals surface area contributed by atoms with Crippen molar-refractivity contribution < 1.29 is 10.0 Å². The van der Waals surface area contributed by atoms with Gasteiger partial charge in [-0.1, -0.05) is 0 Å². The minimum Gasteiger partial charge on any atom is -0.502 e. The number of aromatic hydroxyl groups is 1. The van der Waals surface area contributed by atoms with E-state index < -0.39 is 4.92 Å². The third kappa shape index (κ3) is 1.47. The Morgan fingerprint density at radius 3 is 2.31 bits per heavy atom. The van der Waals surface area contributed by atoms with Crippen LogP contribution in [-0.2, 0) is 0 Å². The van der Waals surface area contributed by atoms with Gasteiger partial charge in [-0.3, -0.25) is 10.1 Å². The summed E-state index contributed by atoms with van der Waals surface area (Å²) >= 11 is 0. The Bertz CT molecular complexity index is 372. The lowest BCUT2D eigenvalue weighted by atomic mass is 10.0. The minimum absolute atomic E-state index is 0.192. The molecule has 0 radical (unpaired) electrons. The largest absolute Gasteiger partial charge is 0.502 e. The van der Waals surface area contributed by atoms with Crippen LogP contribution in [0.25, 0.3) is 0 Å². The summed E-state index contributed by atoms with van der Waals surface area (Å²) < 4.78 is 0. The van der Waals surface area contributed by atoms with Gasteiger partial charge in [-0.2, -0.15) is 0 Å². The van der Waals surface area contributed by atoms with E-state index in [4.69, 9.17) is 0 Å². The molecule has 1 rings (SSSR count). The van der Waals surface area contributed by atoms with E-state index in [2.05, 4.69) is 0 Å². The first-order chi connectivity index (χ1) is 5.95. The molecule has 0 saturated heterocycles. The Kier molecular flexibility index (Phi) is 2.23. The van der Waals surface area contributed by atoms with E-state index in [0.717, 1.165) is 5.56 Å². The highest BCUT2D eigenvalue weighted by molar-refractivity contribution is 5.58. The van der Waals surface area contributed by atoms with E-state index in [9.17, 15) is 15.2 Å². The molecule has 0 heterocycles. The van der Waals surface area contributed by atoms with Gasteiger partial charge in [0.1, 0.15) is 0 Å². The van der Waals surface area contributed by atoms with Crippen LogP contribution in [0.3, 0.4) is 0 Å². The molecule has 0 aliphatic carbocycles. The number of rotatable bonds is 1. The Balaban J connectivity index is 3.53. The second kappa shape index (κ2) is 3.05. The van der Waals surface area contributed by atoms with Crippen LogP contribution in [0.15, 0.2) is 6.07 Å². The highest BCUT2D eigenvalue weighted by Gasteiger charge is 2.19. The van der Waals surface area contributed by atoms with Crippen LogP contribution >= 0.6 is 0 Å². The number of benzene rings is 1. The van der Waals surface area contributed by atoms with Crippen molar-refractivity contribution in [1.82, 2.24) is 0 Å². The molecule has 0 aliphatic heterocycles. The fourth-order valence-corrected chi connectivity index (χ4v) is 1.28. The maximum atomic E-state index is 10.6. The molecule has 4 nitrogen and oxygen atoms in total. The van der Waals surface area contributed by atoms with Gasteiger partial charge in [-0.25, -0.2) is 0 Å². The van der Waals surface area contributed by atoms with Crippen LogP contribution < -0.4 is 0 Å². The summed E-state index contributed by atoms with van der Waals surface area (Å²) in [7, 11) is 0. The van der Waals surface area contributed by atoms with E-state index in [1.807, 2.05) is 6.92 Å². The van der Waals surface area contributed by atoms with E-state index in [0.29, 0.717) is 11.1 Å². The van der Waals surface area contributed by atoms with Crippen molar-refractivity contribution in [3.8, 4) is 5.75 Å². The van der Waals surface area contributed by atoms with Gasteiger partial charge in [0.15, 0.2) is 5.75 Å². The highest BCUT2D eigenvalue weighted by Crippen LogP contribution is 2.34. The Morgan fingerprint density at radius 1 is 1.31 bits per heavy atom. The van der Waals surface area contributed by atoms with Gasteiger partial charge in [0.05, 0.1) is 4.92 Å². The second-order valence-electron chi connectivity index (χ2n) is 3.09. The van der Waals surface area contributed by atoms with Gasteiger partial charge in [0.2, 0.25) is 0 Å². The quantitative estimate of drug-likeness (QED) is 0.533. The average Bonchev–Trinajstić information content (AvgIpc) is 1.99. The Labute approximate surface area is 76.0 Å². The second-order valence-corrected chi connectivity index (χ2v) is 3.09. The van der Waals surface area contributed by atoms with E-state index >= 15 is 0 Å². The number of phenols is 1. The molecule has 0 saturated carbocycles. The number of nitro groups is 1. The molecule has 4 heteroatoms. The number of nitrogens with zero attached hydrogens (tertiary/aromatic N) is 1. The topological polar surface area (TPSA) is 63.4 Å². The fraction of sp³-hybridized carbons (Fsp3) is 0.333. The van der Waals surface area contributed by atoms with E-state index in [1.54, 1.807) is 19.9 Å².